The maximum Gasteiger partial charge on any atom is 0.164 e. The van der Waals surface area contributed by atoms with Gasteiger partial charge in [0, 0.05) is 5.41 Å². The van der Waals surface area contributed by atoms with Crippen molar-refractivity contribution in [3.05, 3.63) is 0 Å². The van der Waals surface area contributed by atoms with Crippen molar-refractivity contribution < 1.29 is 20.1 Å². The number of carbonyl (C=O) groups excluding carboxylic acids is 1. The minimum atomic E-state index is -1.58. The van der Waals surface area contributed by atoms with Gasteiger partial charge in [-0.15, -0.1) is 0 Å². The molecule has 4 saturated carbocycles. The van der Waals surface area contributed by atoms with E-state index in [0.717, 1.165) is 44.9 Å². The second-order valence-electron chi connectivity index (χ2n) is 10.1. The lowest BCUT2D eigenvalue weighted by Crippen LogP contribution is -2.60. The van der Waals surface area contributed by atoms with Crippen molar-refractivity contribution in [1.29, 1.82) is 0 Å². The van der Waals surface area contributed by atoms with Gasteiger partial charge in [0.2, 0.25) is 0 Å². The predicted octanol–water partition coefficient (Wildman–Crippen LogP) is 2.68. The highest BCUT2D eigenvalue weighted by Crippen LogP contribution is 2.68. The number of hydrogen-bond donors (Lipinski definition) is 3. The lowest BCUT2D eigenvalue weighted by atomic mass is 9.44. The van der Waals surface area contributed by atoms with Gasteiger partial charge in [-0.1, -0.05) is 13.8 Å². The summed E-state index contributed by atoms with van der Waals surface area (Å²) in [7, 11) is 0. The van der Waals surface area contributed by atoms with E-state index in [4.69, 9.17) is 0 Å². The highest BCUT2D eigenvalue weighted by Gasteiger charge is 2.69. The summed E-state index contributed by atoms with van der Waals surface area (Å²) < 4.78 is 0. The summed E-state index contributed by atoms with van der Waals surface area (Å²) in [6, 6.07) is 0. The number of fused-ring (bicyclic) bond motifs is 5. The molecule has 0 aromatic carbocycles. The average molecular weight is 350 g/mol. The summed E-state index contributed by atoms with van der Waals surface area (Å²) in [6.45, 7) is 5.90. The first-order valence-electron chi connectivity index (χ1n) is 10.2. The van der Waals surface area contributed by atoms with Crippen molar-refractivity contribution in [3.63, 3.8) is 0 Å². The highest BCUT2D eigenvalue weighted by molar-refractivity contribution is 5.87. The van der Waals surface area contributed by atoms with Crippen LogP contribution in [0.4, 0.5) is 0 Å². The molecule has 4 fully saturated rings. The lowest BCUT2D eigenvalue weighted by Gasteiger charge is -2.61. The SMILES string of the molecule is CC(=O)[C@@]1(O)[C@H](O)CC2C3CCC4CC(O)CC[C@]4(C)C3CC[C@@]21C. The minimum Gasteiger partial charge on any atom is -0.393 e. The molecule has 0 aliphatic heterocycles. The fraction of sp³-hybridized carbons (Fsp3) is 0.952. The summed E-state index contributed by atoms with van der Waals surface area (Å²) in [5.74, 6) is 1.63. The van der Waals surface area contributed by atoms with E-state index in [1.54, 1.807) is 0 Å². The van der Waals surface area contributed by atoms with E-state index in [1.165, 1.54) is 6.92 Å². The monoisotopic (exact) mass is 350 g/mol. The van der Waals surface area contributed by atoms with Crippen LogP contribution in [0.1, 0.15) is 72.1 Å². The van der Waals surface area contributed by atoms with E-state index < -0.39 is 17.1 Å². The Labute approximate surface area is 151 Å². The summed E-state index contributed by atoms with van der Waals surface area (Å²) in [5, 5.41) is 31.9. The minimum absolute atomic E-state index is 0.139. The summed E-state index contributed by atoms with van der Waals surface area (Å²) in [6.07, 6.45) is 6.49. The summed E-state index contributed by atoms with van der Waals surface area (Å²) in [4.78, 5) is 12.3. The van der Waals surface area contributed by atoms with Crippen molar-refractivity contribution in [2.75, 3.05) is 0 Å². The number of aliphatic hydroxyl groups excluding tert-OH is 2. The van der Waals surface area contributed by atoms with Crippen LogP contribution in [0.3, 0.4) is 0 Å². The molecule has 4 heteroatoms. The third-order valence-electron chi connectivity index (χ3n) is 9.39. The predicted molar refractivity (Wildman–Crippen MR) is 94.8 cm³/mol. The van der Waals surface area contributed by atoms with Crippen LogP contribution in [0, 0.1) is 34.5 Å². The Morgan fingerprint density at radius 2 is 1.68 bits per heavy atom. The third-order valence-corrected chi connectivity index (χ3v) is 9.39. The van der Waals surface area contributed by atoms with Crippen LogP contribution >= 0.6 is 0 Å². The zero-order valence-corrected chi connectivity index (χ0v) is 15.9. The highest BCUT2D eigenvalue weighted by atomic mass is 16.4. The van der Waals surface area contributed by atoms with Crippen molar-refractivity contribution >= 4 is 5.78 Å². The second-order valence-corrected chi connectivity index (χ2v) is 10.1. The second kappa shape index (κ2) is 5.53. The van der Waals surface area contributed by atoms with Gasteiger partial charge < -0.3 is 15.3 Å². The van der Waals surface area contributed by atoms with E-state index in [-0.39, 0.29) is 23.2 Å². The fourth-order valence-corrected chi connectivity index (χ4v) is 7.89. The Morgan fingerprint density at radius 1 is 0.960 bits per heavy atom. The van der Waals surface area contributed by atoms with Gasteiger partial charge in [0.1, 0.15) is 0 Å². The molecular weight excluding hydrogens is 316 g/mol. The van der Waals surface area contributed by atoms with Gasteiger partial charge in [-0.05, 0) is 87.4 Å². The van der Waals surface area contributed by atoms with Crippen molar-refractivity contribution in [1.82, 2.24) is 0 Å². The van der Waals surface area contributed by atoms with Gasteiger partial charge >= 0.3 is 0 Å². The summed E-state index contributed by atoms with van der Waals surface area (Å²) in [5.41, 5.74) is -1.81. The molecular formula is C21H34O4. The Balaban J connectivity index is 1.67. The zero-order valence-electron chi connectivity index (χ0n) is 15.9. The number of Topliss-reactive ketones (excluding diaryl/α,β-unsaturated/α-hetero) is 1. The molecule has 25 heavy (non-hydrogen) atoms. The lowest BCUT2D eigenvalue weighted by molar-refractivity contribution is -0.181. The average Bonchev–Trinajstić information content (AvgIpc) is 2.77. The first-order chi connectivity index (χ1) is 11.6. The Bertz CT molecular complexity index is 576. The maximum absolute atomic E-state index is 12.3. The van der Waals surface area contributed by atoms with Crippen LogP contribution in [0.15, 0.2) is 0 Å². The number of hydrogen-bond acceptors (Lipinski definition) is 4. The molecule has 5 unspecified atom stereocenters. The first kappa shape index (κ1) is 17.9. The number of rotatable bonds is 1. The van der Waals surface area contributed by atoms with Crippen LogP contribution < -0.4 is 0 Å². The maximum atomic E-state index is 12.3. The molecule has 142 valence electrons. The van der Waals surface area contributed by atoms with E-state index >= 15 is 0 Å². The molecule has 0 radical (unpaired) electrons. The first-order valence-corrected chi connectivity index (χ1v) is 10.2. The number of ketones is 1. The Hall–Kier alpha value is -0.450. The van der Waals surface area contributed by atoms with E-state index in [0.29, 0.717) is 24.2 Å². The largest absolute Gasteiger partial charge is 0.393 e. The molecule has 0 aromatic heterocycles. The van der Waals surface area contributed by atoms with E-state index in [9.17, 15) is 20.1 Å². The molecule has 0 amide bonds. The molecule has 4 aliphatic carbocycles. The molecule has 0 spiro atoms. The summed E-state index contributed by atoms with van der Waals surface area (Å²) >= 11 is 0. The molecule has 0 saturated heterocycles. The molecule has 4 nitrogen and oxygen atoms in total. The zero-order chi connectivity index (χ0) is 18.2. The molecule has 9 atom stereocenters. The van der Waals surface area contributed by atoms with Crippen molar-refractivity contribution in [2.24, 2.45) is 34.5 Å². The van der Waals surface area contributed by atoms with Gasteiger partial charge in [-0.3, -0.25) is 4.79 Å². The molecule has 4 rings (SSSR count). The molecule has 0 heterocycles. The molecule has 4 aliphatic rings. The number of aliphatic hydroxyl groups is 3. The quantitative estimate of drug-likeness (QED) is 0.679. The number of carbonyl (C=O) groups is 1. The van der Waals surface area contributed by atoms with Gasteiger partial charge in [-0.2, -0.15) is 0 Å². The van der Waals surface area contributed by atoms with Crippen LogP contribution in [-0.2, 0) is 4.79 Å². The molecule has 3 N–H and O–H groups in total. The van der Waals surface area contributed by atoms with E-state index in [2.05, 4.69) is 6.92 Å². The standard InChI is InChI=1S/C21H34O4/c1-12(22)21(25)18(24)11-17-15-5-4-13-10-14(23)6-8-19(13,2)16(15)7-9-20(17,21)3/h13-18,23-25H,4-11H2,1-3H3/t13?,14?,15?,16?,17?,18-,19+,20+,21-/m1/s1. The van der Waals surface area contributed by atoms with Crippen LogP contribution in [0.25, 0.3) is 0 Å². The van der Waals surface area contributed by atoms with Gasteiger partial charge in [0.25, 0.3) is 0 Å². The molecule has 0 aromatic rings. The van der Waals surface area contributed by atoms with Gasteiger partial charge in [0.15, 0.2) is 11.4 Å². The third kappa shape index (κ3) is 2.14. The van der Waals surface area contributed by atoms with Gasteiger partial charge in [-0.25, -0.2) is 0 Å². The Morgan fingerprint density at radius 3 is 2.36 bits per heavy atom. The van der Waals surface area contributed by atoms with Crippen molar-refractivity contribution in [3.8, 4) is 0 Å². The smallest absolute Gasteiger partial charge is 0.164 e. The van der Waals surface area contributed by atoms with Gasteiger partial charge in [0.05, 0.1) is 12.2 Å². The van der Waals surface area contributed by atoms with E-state index in [1.807, 2.05) is 6.92 Å². The molecule has 0 bridgehead atoms. The van der Waals surface area contributed by atoms with Crippen LogP contribution in [-0.4, -0.2) is 38.9 Å². The normalized spacial score (nSPS) is 58.2. The fourth-order valence-electron chi connectivity index (χ4n) is 7.89. The topological polar surface area (TPSA) is 77.8 Å². The Kier molecular flexibility index (Phi) is 3.97. The van der Waals surface area contributed by atoms with Crippen molar-refractivity contribution in [2.45, 2.75) is 89.9 Å². The van der Waals surface area contributed by atoms with Crippen LogP contribution in [0.2, 0.25) is 0 Å². The van der Waals surface area contributed by atoms with Crippen LogP contribution in [0.5, 0.6) is 0 Å².